The minimum absolute atomic E-state index is 0.0173. The number of rotatable bonds is 4. The Labute approximate surface area is 145 Å². The van der Waals surface area contributed by atoms with E-state index in [1.165, 1.54) is 11.3 Å². The minimum atomic E-state index is -0.375. The molecule has 1 fully saturated rings. The van der Waals surface area contributed by atoms with Crippen molar-refractivity contribution in [3.63, 3.8) is 0 Å². The molecule has 130 valence electrons. The zero-order chi connectivity index (χ0) is 17.3. The fraction of sp³-hybridized carbons (Fsp3) is 0.625. The number of carbonyl (C=O) groups excluding carboxylic acids is 1. The van der Waals surface area contributed by atoms with Crippen molar-refractivity contribution in [1.29, 1.82) is 0 Å². The molecule has 0 aliphatic carbocycles. The molecule has 0 bridgehead atoms. The largest absolute Gasteiger partial charge is 0.422 e. The van der Waals surface area contributed by atoms with Crippen LogP contribution in [0.5, 0.6) is 0 Å². The highest BCUT2D eigenvalue weighted by atomic mass is 32.1. The van der Waals surface area contributed by atoms with Crippen molar-refractivity contribution in [3.8, 4) is 0 Å². The predicted octanol–water partition coefficient (Wildman–Crippen LogP) is 2.99. The molecule has 1 unspecified atom stereocenters. The van der Waals surface area contributed by atoms with Crippen LogP contribution in [0.2, 0.25) is 0 Å². The highest BCUT2D eigenvalue weighted by molar-refractivity contribution is 7.13. The van der Waals surface area contributed by atoms with Crippen molar-refractivity contribution in [3.05, 3.63) is 27.9 Å². The average Bonchev–Trinajstić information content (AvgIpc) is 3.24. The van der Waals surface area contributed by atoms with E-state index in [2.05, 4.69) is 29.0 Å². The molecule has 0 N–H and O–H groups in total. The van der Waals surface area contributed by atoms with Crippen LogP contribution in [-0.2, 0) is 4.74 Å². The first-order chi connectivity index (χ1) is 11.5. The number of carbonyl (C=O) groups is 1. The van der Waals surface area contributed by atoms with Gasteiger partial charge in [0, 0.05) is 18.4 Å². The number of amides is 1. The monoisotopic (exact) mass is 350 g/mol. The summed E-state index contributed by atoms with van der Waals surface area (Å²) in [6.45, 7) is 9.53. The van der Waals surface area contributed by atoms with Crippen LogP contribution < -0.4 is 0 Å². The van der Waals surface area contributed by atoms with E-state index >= 15 is 0 Å². The Bertz CT molecular complexity index is 710. The fourth-order valence-corrected chi connectivity index (χ4v) is 3.29. The molecule has 0 aromatic carbocycles. The van der Waals surface area contributed by atoms with Crippen molar-refractivity contribution < 1.29 is 13.9 Å². The van der Waals surface area contributed by atoms with Crippen LogP contribution >= 0.6 is 11.3 Å². The van der Waals surface area contributed by atoms with Crippen LogP contribution in [0.25, 0.3) is 0 Å². The van der Waals surface area contributed by atoms with E-state index in [0.717, 1.165) is 5.01 Å². The Balaban J connectivity index is 1.71. The summed E-state index contributed by atoms with van der Waals surface area (Å²) in [6.07, 6.45) is 1.29. The fourth-order valence-electron chi connectivity index (χ4n) is 2.40. The zero-order valence-corrected chi connectivity index (χ0v) is 15.2. The maximum atomic E-state index is 12.7. The molecule has 3 heterocycles. The Morgan fingerprint density at radius 1 is 1.29 bits per heavy atom. The molecule has 7 nitrogen and oxygen atoms in total. The number of aromatic nitrogens is 3. The van der Waals surface area contributed by atoms with Gasteiger partial charge in [-0.1, -0.05) is 27.7 Å². The Morgan fingerprint density at radius 2 is 2.08 bits per heavy atom. The second kappa shape index (κ2) is 6.98. The van der Waals surface area contributed by atoms with Crippen molar-refractivity contribution in [2.24, 2.45) is 0 Å². The van der Waals surface area contributed by atoms with Crippen LogP contribution in [0.1, 0.15) is 72.1 Å². The molecule has 1 amide bonds. The van der Waals surface area contributed by atoms with Gasteiger partial charge in [-0.15, -0.1) is 21.5 Å². The maximum Gasteiger partial charge on any atom is 0.265 e. The van der Waals surface area contributed by atoms with Gasteiger partial charge >= 0.3 is 0 Å². The Hall–Kier alpha value is -1.80. The maximum absolute atomic E-state index is 12.7. The molecule has 1 saturated heterocycles. The molecule has 24 heavy (non-hydrogen) atoms. The van der Waals surface area contributed by atoms with E-state index < -0.39 is 0 Å². The first-order valence-electron chi connectivity index (χ1n) is 8.15. The van der Waals surface area contributed by atoms with Gasteiger partial charge in [-0.3, -0.25) is 4.79 Å². The van der Waals surface area contributed by atoms with Gasteiger partial charge in [-0.05, 0) is 0 Å². The zero-order valence-electron chi connectivity index (χ0n) is 14.4. The lowest BCUT2D eigenvalue weighted by atomic mass is 10.2. The first kappa shape index (κ1) is 17.0. The van der Waals surface area contributed by atoms with Gasteiger partial charge in [0.25, 0.3) is 5.91 Å². The molecule has 1 aliphatic heterocycles. The summed E-state index contributed by atoms with van der Waals surface area (Å²) in [5.41, 5.74) is 0. The summed E-state index contributed by atoms with van der Waals surface area (Å²) in [4.78, 5) is 19.5. The molecule has 1 atom stereocenters. The number of hydrogen-bond donors (Lipinski definition) is 0. The van der Waals surface area contributed by atoms with Crippen LogP contribution in [0, 0.1) is 0 Å². The number of morpholine rings is 1. The summed E-state index contributed by atoms with van der Waals surface area (Å²) in [7, 11) is 0. The normalized spacial score (nSPS) is 18.6. The molecule has 2 aromatic heterocycles. The minimum Gasteiger partial charge on any atom is -0.422 e. The number of thiazole rings is 1. The van der Waals surface area contributed by atoms with Crippen molar-refractivity contribution in [2.45, 2.75) is 45.6 Å². The standard InChI is InChI=1S/C16H22N4O3S/c1-9(2)13-18-19-14(23-13)11-8-20(5-6-22-11)16(21)12-7-17-15(24-12)10(3)4/h7,9-11H,5-6,8H2,1-4H3. The Morgan fingerprint density at radius 3 is 2.71 bits per heavy atom. The Kier molecular flexibility index (Phi) is 4.96. The summed E-state index contributed by atoms with van der Waals surface area (Å²) in [5.74, 6) is 1.49. The number of nitrogens with zero attached hydrogens (tertiary/aromatic N) is 4. The van der Waals surface area contributed by atoms with Crippen molar-refractivity contribution in [1.82, 2.24) is 20.1 Å². The third kappa shape index (κ3) is 3.49. The van der Waals surface area contributed by atoms with Gasteiger partial charge < -0.3 is 14.1 Å². The van der Waals surface area contributed by atoms with Crippen LogP contribution in [0.15, 0.2) is 10.6 Å². The van der Waals surface area contributed by atoms with Gasteiger partial charge in [0.05, 0.1) is 24.4 Å². The second-order valence-electron chi connectivity index (χ2n) is 6.46. The lowest BCUT2D eigenvalue weighted by molar-refractivity contribution is -0.0349. The van der Waals surface area contributed by atoms with Crippen molar-refractivity contribution >= 4 is 17.2 Å². The van der Waals surface area contributed by atoms with Crippen LogP contribution in [-0.4, -0.2) is 45.7 Å². The molecule has 2 aromatic rings. The van der Waals surface area contributed by atoms with Gasteiger partial charge in [-0.2, -0.15) is 0 Å². The van der Waals surface area contributed by atoms with Crippen molar-refractivity contribution in [2.75, 3.05) is 19.7 Å². The third-order valence-electron chi connectivity index (χ3n) is 3.81. The third-order valence-corrected chi connectivity index (χ3v) is 5.09. The molecule has 0 radical (unpaired) electrons. The summed E-state index contributed by atoms with van der Waals surface area (Å²) in [5, 5.41) is 9.07. The van der Waals surface area contributed by atoms with E-state index in [-0.39, 0.29) is 17.9 Å². The van der Waals surface area contributed by atoms with E-state index in [1.807, 2.05) is 13.8 Å². The van der Waals surface area contributed by atoms with E-state index in [4.69, 9.17) is 9.15 Å². The van der Waals surface area contributed by atoms with Gasteiger partial charge in [-0.25, -0.2) is 4.98 Å². The quantitative estimate of drug-likeness (QED) is 0.843. The van der Waals surface area contributed by atoms with E-state index in [9.17, 15) is 4.79 Å². The van der Waals surface area contributed by atoms with Crippen LogP contribution in [0.4, 0.5) is 0 Å². The molecular formula is C16H22N4O3S. The summed E-state index contributed by atoms with van der Waals surface area (Å²) in [6, 6.07) is 0. The predicted molar refractivity (Wildman–Crippen MR) is 89.2 cm³/mol. The number of ether oxygens (including phenoxy) is 1. The lowest BCUT2D eigenvalue weighted by Crippen LogP contribution is -2.42. The topological polar surface area (TPSA) is 81.4 Å². The van der Waals surface area contributed by atoms with Gasteiger partial charge in [0.15, 0.2) is 6.10 Å². The molecule has 1 aliphatic rings. The highest BCUT2D eigenvalue weighted by Gasteiger charge is 2.30. The second-order valence-corrected chi connectivity index (χ2v) is 7.52. The van der Waals surface area contributed by atoms with Gasteiger partial charge in [0.2, 0.25) is 11.8 Å². The van der Waals surface area contributed by atoms with Crippen LogP contribution in [0.3, 0.4) is 0 Å². The lowest BCUT2D eigenvalue weighted by Gasteiger charge is -2.30. The SMILES string of the molecule is CC(C)c1nnc(C2CN(C(=O)c3cnc(C(C)C)s3)CCO2)o1. The highest BCUT2D eigenvalue weighted by Crippen LogP contribution is 2.26. The summed E-state index contributed by atoms with van der Waals surface area (Å²) >= 11 is 1.45. The number of hydrogen-bond acceptors (Lipinski definition) is 7. The first-order valence-corrected chi connectivity index (χ1v) is 8.97. The van der Waals surface area contributed by atoms with E-state index in [0.29, 0.717) is 42.3 Å². The molecule has 3 rings (SSSR count). The smallest absolute Gasteiger partial charge is 0.265 e. The average molecular weight is 350 g/mol. The molecular weight excluding hydrogens is 328 g/mol. The molecule has 0 spiro atoms. The molecule has 8 heteroatoms. The van der Waals surface area contributed by atoms with E-state index in [1.54, 1.807) is 11.1 Å². The summed E-state index contributed by atoms with van der Waals surface area (Å²) < 4.78 is 11.4. The molecule has 0 saturated carbocycles. The van der Waals surface area contributed by atoms with Gasteiger partial charge in [0.1, 0.15) is 4.88 Å².